The lowest BCUT2D eigenvalue weighted by Gasteiger charge is -2.45. The summed E-state index contributed by atoms with van der Waals surface area (Å²) in [5.74, 6) is -3.72. The number of fused-ring (bicyclic) bond motifs is 1. The van der Waals surface area contributed by atoms with Gasteiger partial charge in [-0.2, -0.15) is 0 Å². The molecule has 31 heavy (non-hydrogen) atoms. The summed E-state index contributed by atoms with van der Waals surface area (Å²) in [6.45, 7) is 2.88. The molecule has 2 amide bonds. The normalized spacial score (nSPS) is 27.5. The van der Waals surface area contributed by atoms with Crippen LogP contribution in [-0.4, -0.2) is 77.0 Å². The molecule has 11 heteroatoms. The van der Waals surface area contributed by atoms with Crippen LogP contribution in [0.4, 0.5) is 0 Å². The number of esters is 3. The molecule has 1 fully saturated rings. The third-order valence-corrected chi connectivity index (χ3v) is 4.81. The molecule has 1 aromatic rings. The molecular weight excluding hydrogens is 414 g/mol. The lowest BCUT2D eigenvalue weighted by molar-refractivity contribution is -0.272. The monoisotopic (exact) mass is 435 g/mol. The molecule has 166 valence electrons. The fourth-order valence-electron chi connectivity index (χ4n) is 3.65. The highest BCUT2D eigenvalue weighted by Crippen LogP contribution is 2.34. The van der Waals surface area contributed by atoms with E-state index in [2.05, 4.69) is 0 Å². The van der Waals surface area contributed by atoms with Crippen molar-refractivity contribution in [3.8, 4) is 0 Å². The number of carbonyl (C=O) groups is 5. The Hall–Kier alpha value is -3.31. The number of carbonyl (C=O) groups excluding carboxylic acids is 5. The van der Waals surface area contributed by atoms with Crippen LogP contribution in [0.1, 0.15) is 41.5 Å². The van der Waals surface area contributed by atoms with Crippen LogP contribution in [0.5, 0.6) is 0 Å². The Bertz CT molecular complexity index is 893. The number of ether oxygens (including phenoxy) is 4. The summed E-state index contributed by atoms with van der Waals surface area (Å²) in [6, 6.07) is 4.51. The van der Waals surface area contributed by atoms with Crippen molar-refractivity contribution < 1.29 is 48.0 Å². The number of aliphatic hydroxyl groups is 1. The molecule has 0 aromatic heterocycles. The van der Waals surface area contributed by atoms with E-state index in [0.29, 0.717) is 0 Å². The van der Waals surface area contributed by atoms with E-state index in [1.54, 1.807) is 12.1 Å². The predicted molar refractivity (Wildman–Crippen MR) is 99.4 cm³/mol. The minimum atomic E-state index is -1.82. The maximum absolute atomic E-state index is 12.9. The summed E-state index contributed by atoms with van der Waals surface area (Å²) in [5, 5.41) is 10.7. The van der Waals surface area contributed by atoms with E-state index in [1.165, 1.54) is 12.1 Å². The summed E-state index contributed by atoms with van der Waals surface area (Å²) >= 11 is 0. The highest BCUT2D eigenvalue weighted by molar-refractivity contribution is 6.21. The Morgan fingerprint density at radius 2 is 1.45 bits per heavy atom. The van der Waals surface area contributed by atoms with Crippen molar-refractivity contribution in [3.63, 3.8) is 0 Å². The van der Waals surface area contributed by atoms with Gasteiger partial charge in [-0.3, -0.25) is 28.9 Å². The zero-order chi connectivity index (χ0) is 22.9. The van der Waals surface area contributed by atoms with Gasteiger partial charge in [0.15, 0.2) is 18.5 Å². The Morgan fingerprint density at radius 1 is 0.935 bits per heavy atom. The fourth-order valence-corrected chi connectivity index (χ4v) is 3.65. The van der Waals surface area contributed by atoms with Gasteiger partial charge in [0.1, 0.15) is 18.8 Å². The van der Waals surface area contributed by atoms with E-state index in [0.717, 1.165) is 25.7 Å². The van der Waals surface area contributed by atoms with E-state index < -0.39 is 67.0 Å². The largest absolute Gasteiger partial charge is 0.463 e. The smallest absolute Gasteiger partial charge is 0.303 e. The SMILES string of the molecule is CC(=O)OCC1OC(O)C(N2C(=O)c3ccccc3C2=O)[C@@H](OC(C)=O)[C@@H]1OC(C)=O. The lowest BCUT2D eigenvalue weighted by atomic mass is 9.95. The standard InChI is InChI=1S/C20H21NO10/c1-9(22)28-8-14-16(29-10(2)23)17(30-11(3)24)15(20(27)31-14)21-18(25)12-6-4-5-7-13(12)19(21)26/h4-7,14-17,20,27H,8H2,1-3H3/t14?,15?,16-,17-,20?/m1/s1. The van der Waals surface area contributed by atoms with Crippen LogP contribution in [0.3, 0.4) is 0 Å². The van der Waals surface area contributed by atoms with Gasteiger partial charge >= 0.3 is 17.9 Å². The first-order valence-electron chi connectivity index (χ1n) is 9.40. The molecule has 2 aliphatic heterocycles. The molecule has 3 rings (SSSR count). The van der Waals surface area contributed by atoms with E-state index in [9.17, 15) is 29.1 Å². The van der Waals surface area contributed by atoms with Crippen molar-refractivity contribution in [2.45, 2.75) is 51.4 Å². The average molecular weight is 435 g/mol. The van der Waals surface area contributed by atoms with Gasteiger partial charge in [0.25, 0.3) is 11.8 Å². The molecule has 5 atom stereocenters. The maximum Gasteiger partial charge on any atom is 0.303 e. The van der Waals surface area contributed by atoms with Gasteiger partial charge in [0.2, 0.25) is 0 Å². The lowest BCUT2D eigenvalue weighted by Crippen LogP contribution is -2.67. The summed E-state index contributed by atoms with van der Waals surface area (Å²) in [5.41, 5.74) is 0.208. The van der Waals surface area contributed by atoms with E-state index >= 15 is 0 Å². The Balaban J connectivity index is 2.01. The Kier molecular flexibility index (Phi) is 6.37. The van der Waals surface area contributed by atoms with Gasteiger partial charge in [0.05, 0.1) is 11.1 Å². The third kappa shape index (κ3) is 4.42. The number of benzene rings is 1. The average Bonchev–Trinajstić information content (AvgIpc) is 2.93. The highest BCUT2D eigenvalue weighted by Gasteiger charge is 2.56. The van der Waals surface area contributed by atoms with Crippen molar-refractivity contribution in [1.29, 1.82) is 0 Å². The van der Waals surface area contributed by atoms with Crippen LogP contribution in [0.15, 0.2) is 24.3 Å². The van der Waals surface area contributed by atoms with E-state index in [-0.39, 0.29) is 11.1 Å². The molecule has 1 aromatic carbocycles. The van der Waals surface area contributed by atoms with Gasteiger partial charge < -0.3 is 24.1 Å². The molecule has 2 aliphatic rings. The first-order chi connectivity index (χ1) is 14.6. The summed E-state index contributed by atoms with van der Waals surface area (Å²) in [7, 11) is 0. The Labute approximate surface area is 176 Å². The number of imide groups is 1. The molecule has 3 unspecified atom stereocenters. The molecule has 0 saturated carbocycles. The van der Waals surface area contributed by atoms with Crippen molar-refractivity contribution in [2.75, 3.05) is 6.61 Å². The number of hydrogen-bond donors (Lipinski definition) is 1. The van der Waals surface area contributed by atoms with Crippen molar-refractivity contribution >= 4 is 29.7 Å². The predicted octanol–water partition coefficient (Wildman–Crippen LogP) is -0.205. The summed E-state index contributed by atoms with van der Waals surface area (Å²) < 4.78 is 20.9. The molecule has 1 N–H and O–H groups in total. The minimum absolute atomic E-state index is 0.104. The highest BCUT2D eigenvalue weighted by atomic mass is 16.7. The number of hydrogen-bond acceptors (Lipinski definition) is 10. The molecule has 1 saturated heterocycles. The summed E-state index contributed by atoms with van der Waals surface area (Å²) in [6.07, 6.45) is -5.90. The van der Waals surface area contributed by atoms with E-state index in [1.807, 2.05) is 0 Å². The number of rotatable bonds is 5. The van der Waals surface area contributed by atoms with E-state index in [4.69, 9.17) is 18.9 Å². The van der Waals surface area contributed by atoms with Crippen molar-refractivity contribution in [3.05, 3.63) is 35.4 Å². The topological polar surface area (TPSA) is 146 Å². The second-order valence-electron chi connectivity index (χ2n) is 7.03. The van der Waals surface area contributed by atoms with Crippen LogP contribution in [0.2, 0.25) is 0 Å². The first kappa shape index (κ1) is 22.4. The van der Waals surface area contributed by atoms with Gasteiger partial charge in [0, 0.05) is 20.8 Å². The maximum atomic E-state index is 12.9. The van der Waals surface area contributed by atoms with Crippen molar-refractivity contribution in [1.82, 2.24) is 4.90 Å². The summed E-state index contributed by atoms with van der Waals surface area (Å²) in [4.78, 5) is 61.3. The van der Waals surface area contributed by atoms with Crippen LogP contribution in [0, 0.1) is 0 Å². The van der Waals surface area contributed by atoms with Gasteiger partial charge in [-0.15, -0.1) is 0 Å². The minimum Gasteiger partial charge on any atom is -0.463 e. The quantitative estimate of drug-likeness (QED) is 0.375. The first-order valence-corrected chi connectivity index (χ1v) is 9.40. The number of nitrogens with zero attached hydrogens (tertiary/aromatic N) is 1. The second kappa shape index (κ2) is 8.82. The molecule has 0 spiro atoms. The molecule has 2 heterocycles. The molecule has 11 nitrogen and oxygen atoms in total. The molecule has 0 aliphatic carbocycles. The van der Waals surface area contributed by atoms with Gasteiger partial charge in [-0.05, 0) is 12.1 Å². The van der Waals surface area contributed by atoms with Crippen LogP contribution >= 0.6 is 0 Å². The Morgan fingerprint density at radius 3 is 1.94 bits per heavy atom. The van der Waals surface area contributed by atoms with Crippen molar-refractivity contribution in [2.24, 2.45) is 0 Å². The van der Waals surface area contributed by atoms with Gasteiger partial charge in [-0.25, -0.2) is 0 Å². The molecule has 0 radical (unpaired) electrons. The molecular formula is C20H21NO10. The zero-order valence-corrected chi connectivity index (χ0v) is 17.0. The van der Waals surface area contributed by atoms with Crippen LogP contribution in [0.25, 0.3) is 0 Å². The fraction of sp³-hybridized carbons (Fsp3) is 0.450. The second-order valence-corrected chi connectivity index (χ2v) is 7.03. The third-order valence-electron chi connectivity index (χ3n) is 4.81. The molecule has 0 bridgehead atoms. The number of amides is 2. The van der Waals surface area contributed by atoms with Crippen LogP contribution < -0.4 is 0 Å². The van der Waals surface area contributed by atoms with Gasteiger partial charge in [-0.1, -0.05) is 12.1 Å². The van der Waals surface area contributed by atoms with Crippen LogP contribution in [-0.2, 0) is 33.3 Å². The number of aliphatic hydroxyl groups excluding tert-OH is 1. The zero-order valence-electron chi connectivity index (χ0n) is 17.0.